The summed E-state index contributed by atoms with van der Waals surface area (Å²) in [6.45, 7) is 3.11. The zero-order chi connectivity index (χ0) is 15.4. The number of carbonyl (C=O) groups excluding carboxylic acids is 1. The van der Waals surface area contributed by atoms with Crippen molar-refractivity contribution >= 4 is 29.3 Å². The Morgan fingerprint density at radius 2 is 2.05 bits per heavy atom. The summed E-state index contributed by atoms with van der Waals surface area (Å²) in [6, 6.07) is 3.48. The number of likely N-dealkylation sites (tertiary alicyclic amines) is 1. The van der Waals surface area contributed by atoms with Crippen LogP contribution in [0.2, 0.25) is 0 Å². The van der Waals surface area contributed by atoms with Gasteiger partial charge in [-0.1, -0.05) is 0 Å². The summed E-state index contributed by atoms with van der Waals surface area (Å²) < 4.78 is 0. The number of rotatable bonds is 4. The number of amides is 1. The summed E-state index contributed by atoms with van der Waals surface area (Å²) in [4.78, 5) is 26.0. The van der Waals surface area contributed by atoms with Crippen LogP contribution in [-0.2, 0) is 4.79 Å². The summed E-state index contributed by atoms with van der Waals surface area (Å²) in [5, 5.41) is 18.2. The van der Waals surface area contributed by atoms with Gasteiger partial charge in [-0.3, -0.25) is 4.79 Å². The number of hydrogen-bond donors (Lipinski definition) is 2. The Morgan fingerprint density at radius 1 is 1.38 bits per heavy atom. The minimum atomic E-state index is -1.00. The molecule has 0 saturated carbocycles. The fraction of sp³-hybridized carbons (Fsp3) is 0.467. The third-order valence-corrected chi connectivity index (χ3v) is 4.78. The predicted molar refractivity (Wildman–Crippen MR) is 81.3 cm³/mol. The van der Waals surface area contributed by atoms with Gasteiger partial charge in [-0.15, -0.1) is 11.3 Å². The van der Waals surface area contributed by atoms with Crippen molar-refractivity contribution in [3.8, 4) is 0 Å². The van der Waals surface area contributed by atoms with E-state index >= 15 is 0 Å². The first kappa shape index (κ1) is 15.7. The Hall–Kier alpha value is -1.66. The Labute approximate surface area is 127 Å². The van der Waals surface area contributed by atoms with Crippen LogP contribution >= 0.6 is 11.3 Å². The van der Waals surface area contributed by atoms with Crippen LogP contribution < -0.4 is 0 Å². The molecule has 5 nitrogen and oxygen atoms in total. The molecule has 2 heterocycles. The molecule has 21 heavy (non-hydrogen) atoms. The van der Waals surface area contributed by atoms with Crippen LogP contribution in [0.3, 0.4) is 0 Å². The van der Waals surface area contributed by atoms with Crippen LogP contribution in [0.15, 0.2) is 18.2 Å². The fourth-order valence-corrected chi connectivity index (χ4v) is 3.33. The van der Waals surface area contributed by atoms with Gasteiger partial charge in [0.15, 0.2) is 0 Å². The lowest BCUT2D eigenvalue weighted by molar-refractivity contribution is -0.131. The molecule has 0 spiro atoms. The molecule has 1 aromatic rings. The van der Waals surface area contributed by atoms with E-state index in [9.17, 15) is 14.7 Å². The first-order valence-corrected chi connectivity index (χ1v) is 7.77. The number of aliphatic hydroxyl groups is 1. The van der Waals surface area contributed by atoms with E-state index in [1.165, 1.54) is 17.4 Å². The average Bonchev–Trinajstić information content (AvgIpc) is 2.93. The van der Waals surface area contributed by atoms with Gasteiger partial charge in [-0.05, 0) is 43.9 Å². The molecule has 1 amide bonds. The molecule has 0 radical (unpaired) electrons. The second kappa shape index (κ2) is 6.87. The highest BCUT2D eigenvalue weighted by molar-refractivity contribution is 7.14. The Morgan fingerprint density at radius 3 is 2.62 bits per heavy atom. The van der Waals surface area contributed by atoms with Crippen molar-refractivity contribution in [2.24, 2.45) is 5.92 Å². The van der Waals surface area contributed by atoms with Crippen LogP contribution in [0, 0.1) is 5.92 Å². The predicted octanol–water partition coefficient (Wildman–Crippen LogP) is 2.08. The number of piperidine rings is 1. The maximum atomic E-state index is 12.4. The van der Waals surface area contributed by atoms with Crippen LogP contribution in [0.1, 0.15) is 34.3 Å². The molecule has 2 rings (SSSR count). The van der Waals surface area contributed by atoms with Gasteiger partial charge in [0.1, 0.15) is 0 Å². The van der Waals surface area contributed by atoms with E-state index in [-0.39, 0.29) is 17.9 Å². The topological polar surface area (TPSA) is 77.8 Å². The van der Waals surface area contributed by atoms with E-state index in [0.717, 1.165) is 23.8 Å². The second-order valence-electron chi connectivity index (χ2n) is 5.24. The summed E-state index contributed by atoms with van der Waals surface area (Å²) >= 11 is 1.29. The molecule has 6 heteroatoms. The van der Waals surface area contributed by atoms with Crippen molar-refractivity contribution in [3.63, 3.8) is 0 Å². The highest BCUT2D eigenvalue weighted by Crippen LogP contribution is 2.24. The molecule has 1 unspecified atom stereocenters. The Bertz CT molecular complexity index is 542. The quantitative estimate of drug-likeness (QED) is 0.835. The number of thiophene rings is 1. The van der Waals surface area contributed by atoms with Crippen molar-refractivity contribution in [2.75, 3.05) is 13.1 Å². The van der Waals surface area contributed by atoms with Crippen LogP contribution in [0.25, 0.3) is 6.08 Å². The van der Waals surface area contributed by atoms with E-state index in [1.807, 2.05) is 0 Å². The number of carboxylic acids is 1. The zero-order valence-electron chi connectivity index (χ0n) is 11.9. The first-order chi connectivity index (χ1) is 9.97. The molecule has 1 aromatic heterocycles. The lowest BCUT2D eigenvalue weighted by Gasteiger charge is -2.33. The summed E-state index contributed by atoms with van der Waals surface area (Å²) in [6.07, 6.45) is 3.87. The molecule has 1 saturated heterocycles. The largest absolute Gasteiger partial charge is 0.478 e. The van der Waals surface area contributed by atoms with Crippen LogP contribution in [-0.4, -0.2) is 46.2 Å². The molecular formula is C15H19NO4S. The van der Waals surface area contributed by atoms with Gasteiger partial charge in [0, 0.05) is 24.0 Å². The van der Waals surface area contributed by atoms with Gasteiger partial charge in [0.25, 0.3) is 5.91 Å². The minimum Gasteiger partial charge on any atom is -0.478 e. The molecule has 0 bridgehead atoms. The number of nitrogens with zero attached hydrogens (tertiary/aromatic N) is 1. The van der Waals surface area contributed by atoms with Gasteiger partial charge in [-0.25, -0.2) is 4.79 Å². The van der Waals surface area contributed by atoms with E-state index in [4.69, 9.17) is 5.11 Å². The third-order valence-electron chi connectivity index (χ3n) is 3.74. The molecule has 1 fully saturated rings. The molecule has 1 aliphatic rings. The Balaban J connectivity index is 1.96. The van der Waals surface area contributed by atoms with Crippen molar-refractivity contribution in [3.05, 3.63) is 28.0 Å². The van der Waals surface area contributed by atoms with Crippen molar-refractivity contribution in [1.29, 1.82) is 0 Å². The summed E-state index contributed by atoms with van der Waals surface area (Å²) in [5.74, 6) is -0.748. The number of aliphatic hydroxyl groups excluding tert-OH is 1. The van der Waals surface area contributed by atoms with Gasteiger partial charge in [0.2, 0.25) is 0 Å². The normalized spacial score (nSPS) is 18.1. The first-order valence-electron chi connectivity index (χ1n) is 6.95. The smallest absolute Gasteiger partial charge is 0.328 e. The number of carboxylic acid groups (broad SMARTS) is 1. The summed E-state index contributed by atoms with van der Waals surface area (Å²) in [7, 11) is 0. The third kappa shape index (κ3) is 4.15. The van der Waals surface area contributed by atoms with Crippen molar-refractivity contribution in [1.82, 2.24) is 4.90 Å². The van der Waals surface area contributed by atoms with Crippen molar-refractivity contribution in [2.45, 2.75) is 25.9 Å². The highest BCUT2D eigenvalue weighted by Gasteiger charge is 2.26. The molecule has 0 aliphatic carbocycles. The number of carbonyl (C=O) groups is 2. The SMILES string of the molecule is CC(O)C1CCN(C(=O)c2ccc(/C=C/C(=O)O)s2)CC1. The standard InChI is InChI=1S/C15H19NO4S/c1-10(17)11-6-8-16(9-7-11)15(20)13-4-2-12(21-13)3-5-14(18)19/h2-5,10-11,17H,6-9H2,1H3,(H,18,19)/b5-3+. The molecular weight excluding hydrogens is 290 g/mol. The van der Waals surface area contributed by atoms with Crippen LogP contribution in [0.4, 0.5) is 0 Å². The highest BCUT2D eigenvalue weighted by atomic mass is 32.1. The van der Waals surface area contributed by atoms with E-state index in [0.29, 0.717) is 18.0 Å². The van der Waals surface area contributed by atoms with Crippen LogP contribution in [0.5, 0.6) is 0 Å². The summed E-state index contributed by atoms with van der Waals surface area (Å²) in [5.41, 5.74) is 0. The maximum absolute atomic E-state index is 12.4. The molecule has 114 valence electrons. The molecule has 1 atom stereocenters. The van der Waals surface area contributed by atoms with Gasteiger partial charge in [0.05, 0.1) is 11.0 Å². The fourth-order valence-electron chi connectivity index (χ4n) is 2.45. The van der Waals surface area contributed by atoms with E-state index in [1.54, 1.807) is 24.0 Å². The van der Waals surface area contributed by atoms with Crippen molar-refractivity contribution < 1.29 is 19.8 Å². The average molecular weight is 309 g/mol. The van der Waals surface area contributed by atoms with E-state index in [2.05, 4.69) is 0 Å². The van der Waals surface area contributed by atoms with E-state index < -0.39 is 5.97 Å². The van der Waals surface area contributed by atoms with Gasteiger partial charge < -0.3 is 15.1 Å². The zero-order valence-corrected chi connectivity index (χ0v) is 12.7. The minimum absolute atomic E-state index is 0.0148. The second-order valence-corrected chi connectivity index (χ2v) is 6.36. The number of aliphatic carboxylic acids is 1. The lowest BCUT2D eigenvalue weighted by Crippen LogP contribution is -2.40. The molecule has 1 aliphatic heterocycles. The van der Waals surface area contributed by atoms with Gasteiger partial charge >= 0.3 is 5.97 Å². The Kier molecular flexibility index (Phi) is 5.14. The maximum Gasteiger partial charge on any atom is 0.328 e. The monoisotopic (exact) mass is 309 g/mol. The lowest BCUT2D eigenvalue weighted by atomic mass is 9.92. The molecule has 2 N–H and O–H groups in total. The number of hydrogen-bond acceptors (Lipinski definition) is 4. The van der Waals surface area contributed by atoms with Gasteiger partial charge in [-0.2, -0.15) is 0 Å². The molecule has 0 aromatic carbocycles.